The van der Waals surface area contributed by atoms with Crippen molar-refractivity contribution in [3.63, 3.8) is 0 Å². The molecular weight excluding hydrogens is 182 g/mol. The Bertz CT molecular complexity index is 328. The fourth-order valence-electron chi connectivity index (χ4n) is 1.19. The van der Waals surface area contributed by atoms with Gasteiger partial charge in [0.15, 0.2) is 0 Å². The Kier molecular flexibility index (Phi) is 3.30. The van der Waals surface area contributed by atoms with E-state index in [-0.39, 0.29) is 12.5 Å². The Morgan fingerprint density at radius 1 is 1.64 bits per heavy atom. The van der Waals surface area contributed by atoms with Gasteiger partial charge in [-0.05, 0) is 26.8 Å². The van der Waals surface area contributed by atoms with Crippen LogP contribution in [0.15, 0.2) is 10.5 Å². The average molecular weight is 197 g/mol. The number of carbonyl (C=O) groups is 1. The molecule has 1 atom stereocenters. The summed E-state index contributed by atoms with van der Waals surface area (Å²) in [5, 5.41) is 11.6. The molecule has 1 rings (SSSR count). The number of aliphatic hydroxyl groups is 1. The Labute approximate surface area is 82.9 Å². The van der Waals surface area contributed by atoms with Crippen LogP contribution in [0.5, 0.6) is 0 Å². The van der Waals surface area contributed by atoms with Gasteiger partial charge in [0.2, 0.25) is 0 Å². The van der Waals surface area contributed by atoms with Gasteiger partial charge in [-0.2, -0.15) is 0 Å². The van der Waals surface area contributed by atoms with Crippen molar-refractivity contribution in [3.8, 4) is 0 Å². The Morgan fingerprint density at radius 2 is 2.29 bits per heavy atom. The third-order valence-electron chi connectivity index (χ3n) is 1.84. The molecule has 1 heterocycles. The van der Waals surface area contributed by atoms with Gasteiger partial charge in [-0.1, -0.05) is 0 Å². The molecular formula is C10H15NO3. The van der Waals surface area contributed by atoms with E-state index in [1.807, 2.05) is 0 Å². The molecule has 0 aliphatic heterocycles. The van der Waals surface area contributed by atoms with Crippen molar-refractivity contribution in [1.29, 1.82) is 0 Å². The molecule has 0 bridgehead atoms. The second-order valence-corrected chi connectivity index (χ2v) is 3.39. The third kappa shape index (κ3) is 2.60. The van der Waals surface area contributed by atoms with E-state index in [9.17, 15) is 4.79 Å². The Balaban J connectivity index is 2.65. The topological polar surface area (TPSA) is 62.5 Å². The van der Waals surface area contributed by atoms with E-state index < -0.39 is 6.10 Å². The lowest BCUT2D eigenvalue weighted by Crippen LogP contribution is -2.30. The smallest absolute Gasteiger partial charge is 0.254 e. The van der Waals surface area contributed by atoms with Gasteiger partial charge in [0.1, 0.15) is 11.5 Å². The number of aliphatic hydroxyl groups excluding tert-OH is 1. The van der Waals surface area contributed by atoms with E-state index in [2.05, 4.69) is 5.32 Å². The van der Waals surface area contributed by atoms with Crippen LogP contribution in [0.3, 0.4) is 0 Å². The average Bonchev–Trinajstić information content (AvgIpc) is 2.41. The number of rotatable bonds is 3. The summed E-state index contributed by atoms with van der Waals surface area (Å²) in [6.45, 7) is 5.40. The molecule has 1 aromatic heterocycles. The van der Waals surface area contributed by atoms with Crippen LogP contribution in [0.25, 0.3) is 0 Å². The summed E-state index contributed by atoms with van der Waals surface area (Å²) in [6.07, 6.45) is -0.535. The van der Waals surface area contributed by atoms with Gasteiger partial charge in [0, 0.05) is 6.54 Å². The highest BCUT2D eigenvalue weighted by molar-refractivity contribution is 5.95. The molecule has 4 heteroatoms. The number of furan rings is 1. The standard InChI is InChI=1S/C10H15NO3/c1-6(12)5-11-10(13)9-4-7(2)14-8(9)3/h4,6,12H,5H2,1-3H3,(H,11,13)/t6-/m1/s1. The SMILES string of the molecule is Cc1cc(C(=O)NC[C@@H](C)O)c(C)o1. The predicted octanol–water partition coefficient (Wildman–Crippen LogP) is 1.01. The highest BCUT2D eigenvalue weighted by atomic mass is 16.3. The van der Waals surface area contributed by atoms with Gasteiger partial charge in [-0.25, -0.2) is 0 Å². The maximum absolute atomic E-state index is 11.5. The molecule has 14 heavy (non-hydrogen) atoms. The van der Waals surface area contributed by atoms with Crippen molar-refractivity contribution >= 4 is 5.91 Å². The summed E-state index contributed by atoms with van der Waals surface area (Å²) in [5.41, 5.74) is 0.531. The minimum atomic E-state index is -0.535. The molecule has 0 aromatic carbocycles. The van der Waals surface area contributed by atoms with E-state index in [1.54, 1.807) is 26.8 Å². The van der Waals surface area contributed by atoms with Crippen LogP contribution >= 0.6 is 0 Å². The lowest BCUT2D eigenvalue weighted by atomic mass is 10.2. The van der Waals surface area contributed by atoms with Crippen molar-refractivity contribution in [2.45, 2.75) is 26.9 Å². The lowest BCUT2D eigenvalue weighted by molar-refractivity contribution is 0.0922. The zero-order chi connectivity index (χ0) is 10.7. The number of hydrogen-bond donors (Lipinski definition) is 2. The minimum Gasteiger partial charge on any atom is -0.466 e. The summed E-state index contributed by atoms with van der Waals surface area (Å²) in [6, 6.07) is 1.69. The second kappa shape index (κ2) is 4.28. The number of hydrogen-bond acceptors (Lipinski definition) is 3. The van der Waals surface area contributed by atoms with Crippen LogP contribution in [0.4, 0.5) is 0 Å². The monoisotopic (exact) mass is 197 g/mol. The summed E-state index contributed by atoms with van der Waals surface area (Å²) in [7, 11) is 0. The van der Waals surface area contributed by atoms with Crippen molar-refractivity contribution in [2.75, 3.05) is 6.54 Å². The maximum atomic E-state index is 11.5. The lowest BCUT2D eigenvalue weighted by Gasteiger charge is -2.05. The molecule has 0 aliphatic rings. The molecule has 78 valence electrons. The van der Waals surface area contributed by atoms with Gasteiger partial charge in [0.25, 0.3) is 5.91 Å². The van der Waals surface area contributed by atoms with Crippen LogP contribution in [0.2, 0.25) is 0 Å². The molecule has 0 spiro atoms. The molecule has 0 saturated carbocycles. The predicted molar refractivity (Wildman–Crippen MR) is 52.2 cm³/mol. The summed E-state index contributed by atoms with van der Waals surface area (Å²) in [5.74, 6) is 1.11. The van der Waals surface area contributed by atoms with Crippen molar-refractivity contribution in [2.24, 2.45) is 0 Å². The fraction of sp³-hybridized carbons (Fsp3) is 0.500. The van der Waals surface area contributed by atoms with Gasteiger partial charge >= 0.3 is 0 Å². The molecule has 0 saturated heterocycles. The number of amides is 1. The first-order valence-electron chi connectivity index (χ1n) is 4.54. The van der Waals surface area contributed by atoms with Crippen LogP contribution in [-0.2, 0) is 0 Å². The van der Waals surface area contributed by atoms with Crippen LogP contribution in [-0.4, -0.2) is 23.7 Å². The van der Waals surface area contributed by atoms with E-state index in [4.69, 9.17) is 9.52 Å². The zero-order valence-corrected chi connectivity index (χ0v) is 8.63. The Hall–Kier alpha value is -1.29. The molecule has 0 radical (unpaired) electrons. The Morgan fingerprint density at radius 3 is 2.71 bits per heavy atom. The molecule has 1 amide bonds. The number of carbonyl (C=O) groups excluding carboxylic acids is 1. The van der Waals surface area contributed by atoms with E-state index >= 15 is 0 Å². The molecule has 0 fully saturated rings. The van der Waals surface area contributed by atoms with Crippen LogP contribution < -0.4 is 5.32 Å². The molecule has 4 nitrogen and oxygen atoms in total. The largest absolute Gasteiger partial charge is 0.466 e. The van der Waals surface area contributed by atoms with Gasteiger partial charge < -0.3 is 14.8 Å². The van der Waals surface area contributed by atoms with Gasteiger partial charge in [0.05, 0.1) is 11.7 Å². The molecule has 0 aliphatic carbocycles. The van der Waals surface area contributed by atoms with Crippen LogP contribution in [0.1, 0.15) is 28.8 Å². The first kappa shape index (κ1) is 10.8. The second-order valence-electron chi connectivity index (χ2n) is 3.39. The van der Waals surface area contributed by atoms with Crippen molar-refractivity contribution in [3.05, 3.63) is 23.2 Å². The molecule has 2 N–H and O–H groups in total. The maximum Gasteiger partial charge on any atom is 0.254 e. The van der Waals surface area contributed by atoms with E-state index in [1.165, 1.54) is 0 Å². The number of nitrogens with one attached hydrogen (secondary N) is 1. The van der Waals surface area contributed by atoms with Crippen LogP contribution in [0, 0.1) is 13.8 Å². The highest BCUT2D eigenvalue weighted by Gasteiger charge is 2.13. The number of aryl methyl sites for hydroxylation is 2. The summed E-state index contributed by atoms with van der Waals surface area (Å²) in [4.78, 5) is 11.5. The first-order chi connectivity index (χ1) is 6.50. The quantitative estimate of drug-likeness (QED) is 0.760. The third-order valence-corrected chi connectivity index (χ3v) is 1.84. The fourth-order valence-corrected chi connectivity index (χ4v) is 1.19. The summed E-state index contributed by atoms with van der Waals surface area (Å²) < 4.78 is 5.22. The van der Waals surface area contributed by atoms with E-state index in [0.717, 1.165) is 0 Å². The van der Waals surface area contributed by atoms with Crippen molar-refractivity contribution < 1.29 is 14.3 Å². The van der Waals surface area contributed by atoms with Gasteiger partial charge in [-0.3, -0.25) is 4.79 Å². The van der Waals surface area contributed by atoms with Crippen molar-refractivity contribution in [1.82, 2.24) is 5.32 Å². The molecule has 1 aromatic rings. The first-order valence-corrected chi connectivity index (χ1v) is 4.54. The normalized spacial score (nSPS) is 12.6. The summed E-state index contributed by atoms with van der Waals surface area (Å²) >= 11 is 0. The minimum absolute atomic E-state index is 0.208. The van der Waals surface area contributed by atoms with Gasteiger partial charge in [-0.15, -0.1) is 0 Å². The molecule has 0 unspecified atom stereocenters. The zero-order valence-electron chi connectivity index (χ0n) is 8.63. The van der Waals surface area contributed by atoms with E-state index in [0.29, 0.717) is 17.1 Å². The highest BCUT2D eigenvalue weighted by Crippen LogP contribution is 2.13.